The number of nitrogens with zero attached hydrogens (tertiary/aromatic N) is 5. The van der Waals surface area contributed by atoms with Crippen molar-refractivity contribution >= 4 is 28.3 Å². The molecule has 7 heteroatoms. The summed E-state index contributed by atoms with van der Waals surface area (Å²) in [6, 6.07) is 7.55. The Hall–Kier alpha value is -2.70. The molecule has 0 atom stereocenters. The first-order valence-electron chi connectivity index (χ1n) is 10.3. The van der Waals surface area contributed by atoms with Crippen LogP contribution in [0.3, 0.4) is 0 Å². The Bertz CT molecular complexity index is 880. The van der Waals surface area contributed by atoms with Crippen LogP contribution >= 0.6 is 0 Å². The highest BCUT2D eigenvalue weighted by molar-refractivity contribution is 5.86. The quantitative estimate of drug-likeness (QED) is 0.327. The van der Waals surface area contributed by atoms with E-state index >= 15 is 0 Å². The highest BCUT2D eigenvalue weighted by Gasteiger charge is 2.13. The monoisotopic (exact) mass is 384 g/mol. The fourth-order valence-electron chi connectivity index (χ4n) is 2.97. The van der Waals surface area contributed by atoms with Gasteiger partial charge in [0.15, 0.2) is 11.3 Å². The Morgan fingerprint density at radius 2 is 1.75 bits per heavy atom. The molecule has 0 radical (unpaired) electrons. The number of aryl methyl sites for hydroxylation is 2. The van der Waals surface area contributed by atoms with Crippen molar-refractivity contribution in [2.45, 2.75) is 72.8 Å². The number of unbranched alkanes of at least 4 members (excludes halogenated alkanes) is 5. The Kier molecular flexibility index (Phi) is 8.65. The minimum absolute atomic E-state index is 0.447. The van der Waals surface area contributed by atoms with E-state index in [-0.39, 0.29) is 0 Å². The topological polar surface area (TPSA) is 94.6 Å². The summed E-state index contributed by atoms with van der Waals surface area (Å²) in [5.41, 5.74) is 8.28. The van der Waals surface area contributed by atoms with E-state index in [4.69, 9.17) is 10.3 Å². The van der Waals surface area contributed by atoms with Gasteiger partial charge < -0.3 is 10.3 Å². The van der Waals surface area contributed by atoms with Crippen LogP contribution in [0.2, 0.25) is 0 Å². The van der Waals surface area contributed by atoms with Crippen LogP contribution in [0.25, 0.3) is 11.0 Å². The van der Waals surface area contributed by atoms with Crippen molar-refractivity contribution in [3.05, 3.63) is 30.0 Å². The third kappa shape index (κ3) is 5.41. The van der Waals surface area contributed by atoms with Gasteiger partial charge in [-0.2, -0.15) is 5.10 Å². The standard InChI is InChI=1S/C19H26N6O.C2H6/c1-3-4-5-6-7-10-13-25-18(20)17(14(2)23-25)21-22-19-15-11-8-9-12-16(15)26-24-19;1-2/h8-9,11-12H,3-7,10,13,20H2,1-2H3;1-2H3. The number of nitrogen functional groups attached to an aromatic ring is 1. The van der Waals surface area contributed by atoms with Crippen molar-refractivity contribution in [3.8, 4) is 0 Å². The second-order valence-electron chi connectivity index (χ2n) is 6.51. The first-order chi connectivity index (χ1) is 13.7. The Morgan fingerprint density at radius 3 is 2.54 bits per heavy atom. The molecule has 0 aliphatic heterocycles. The average Bonchev–Trinajstić information content (AvgIpc) is 3.25. The smallest absolute Gasteiger partial charge is 0.224 e. The van der Waals surface area contributed by atoms with Gasteiger partial charge >= 0.3 is 0 Å². The predicted octanol–water partition coefficient (Wildman–Crippen LogP) is 6.72. The number of hydrogen-bond acceptors (Lipinski definition) is 6. The number of aromatic nitrogens is 3. The second-order valence-corrected chi connectivity index (χ2v) is 6.51. The number of hydrogen-bond donors (Lipinski definition) is 1. The summed E-state index contributed by atoms with van der Waals surface area (Å²) in [6.07, 6.45) is 7.40. The van der Waals surface area contributed by atoms with Crippen molar-refractivity contribution < 1.29 is 4.52 Å². The summed E-state index contributed by atoms with van der Waals surface area (Å²) in [4.78, 5) is 0. The van der Waals surface area contributed by atoms with Crippen molar-refractivity contribution in [2.75, 3.05) is 5.73 Å². The number of anilines is 1. The van der Waals surface area contributed by atoms with Gasteiger partial charge in [0.2, 0.25) is 5.82 Å². The second kappa shape index (κ2) is 11.2. The normalized spacial score (nSPS) is 11.1. The first kappa shape index (κ1) is 21.6. The van der Waals surface area contributed by atoms with Gasteiger partial charge in [0.05, 0.1) is 11.1 Å². The average molecular weight is 385 g/mol. The number of nitrogens with two attached hydrogens (primary N) is 1. The summed E-state index contributed by atoms with van der Waals surface area (Å²) in [5.74, 6) is 0.996. The van der Waals surface area contributed by atoms with Crippen LogP contribution in [0.1, 0.15) is 65.0 Å². The third-order valence-corrected chi connectivity index (χ3v) is 4.46. The van der Waals surface area contributed by atoms with E-state index in [1.165, 1.54) is 32.1 Å². The zero-order chi connectivity index (χ0) is 20.4. The number of fused-ring (bicyclic) bond motifs is 1. The van der Waals surface area contributed by atoms with E-state index < -0.39 is 0 Å². The number of benzene rings is 1. The van der Waals surface area contributed by atoms with Gasteiger partial charge in [0, 0.05) is 6.54 Å². The summed E-state index contributed by atoms with van der Waals surface area (Å²) in [6.45, 7) is 8.93. The zero-order valence-corrected chi connectivity index (χ0v) is 17.5. The molecule has 2 heterocycles. The van der Waals surface area contributed by atoms with E-state index in [1.54, 1.807) is 0 Å². The predicted molar refractivity (Wildman–Crippen MR) is 114 cm³/mol. The molecule has 28 heavy (non-hydrogen) atoms. The lowest BCUT2D eigenvalue weighted by molar-refractivity contribution is 0.458. The lowest BCUT2D eigenvalue weighted by atomic mass is 10.1. The minimum atomic E-state index is 0.447. The number of rotatable bonds is 9. The molecule has 0 saturated heterocycles. The van der Waals surface area contributed by atoms with E-state index in [9.17, 15) is 0 Å². The van der Waals surface area contributed by atoms with E-state index in [0.29, 0.717) is 22.9 Å². The van der Waals surface area contributed by atoms with Crippen molar-refractivity contribution in [1.82, 2.24) is 14.9 Å². The van der Waals surface area contributed by atoms with Gasteiger partial charge in [-0.05, 0) is 25.5 Å². The molecule has 152 valence electrons. The fourth-order valence-corrected chi connectivity index (χ4v) is 2.97. The van der Waals surface area contributed by atoms with Crippen LogP contribution in [0, 0.1) is 6.92 Å². The van der Waals surface area contributed by atoms with Crippen LogP contribution in [0.15, 0.2) is 39.0 Å². The molecular weight excluding hydrogens is 352 g/mol. The highest BCUT2D eigenvalue weighted by Crippen LogP contribution is 2.31. The maximum Gasteiger partial charge on any atom is 0.224 e. The molecule has 0 spiro atoms. The summed E-state index contributed by atoms with van der Waals surface area (Å²) in [5, 5.41) is 17.8. The van der Waals surface area contributed by atoms with Crippen molar-refractivity contribution in [2.24, 2.45) is 10.2 Å². The van der Waals surface area contributed by atoms with Gasteiger partial charge in [0.25, 0.3) is 0 Å². The van der Waals surface area contributed by atoms with Gasteiger partial charge in [-0.3, -0.25) is 0 Å². The molecule has 1 aromatic carbocycles. The molecule has 0 bridgehead atoms. The number of azo groups is 1. The summed E-state index contributed by atoms with van der Waals surface area (Å²) >= 11 is 0. The van der Waals surface area contributed by atoms with Crippen LogP contribution in [0.4, 0.5) is 17.3 Å². The first-order valence-corrected chi connectivity index (χ1v) is 10.3. The van der Waals surface area contributed by atoms with Gasteiger partial charge in [-0.15, -0.1) is 10.2 Å². The summed E-state index contributed by atoms with van der Waals surface area (Å²) in [7, 11) is 0. The molecule has 3 rings (SSSR count). The third-order valence-electron chi connectivity index (χ3n) is 4.46. The molecule has 0 unspecified atom stereocenters. The van der Waals surface area contributed by atoms with E-state index in [1.807, 2.05) is 49.7 Å². The maximum absolute atomic E-state index is 6.22. The van der Waals surface area contributed by atoms with Crippen LogP contribution < -0.4 is 5.73 Å². The Labute approximate surface area is 167 Å². The molecule has 0 aliphatic carbocycles. The molecule has 0 fully saturated rings. The molecule has 0 aliphatic rings. The van der Waals surface area contributed by atoms with Crippen LogP contribution in [0.5, 0.6) is 0 Å². The number of para-hydroxylation sites is 1. The van der Waals surface area contributed by atoms with Crippen LogP contribution in [-0.4, -0.2) is 14.9 Å². The Morgan fingerprint density at radius 1 is 1.04 bits per heavy atom. The largest absolute Gasteiger partial charge is 0.382 e. The SMILES string of the molecule is CC.CCCCCCCCn1nc(C)c(N=Nc2noc3ccccc23)c1N. The lowest BCUT2D eigenvalue weighted by Gasteiger charge is -2.04. The lowest BCUT2D eigenvalue weighted by Crippen LogP contribution is -2.04. The molecular formula is C21H32N6O. The van der Waals surface area contributed by atoms with Gasteiger partial charge in [0.1, 0.15) is 5.82 Å². The maximum atomic E-state index is 6.22. The molecule has 7 nitrogen and oxygen atoms in total. The Balaban J connectivity index is 0.00000136. The fraction of sp³-hybridized carbons (Fsp3) is 0.524. The molecule has 2 N–H and O–H groups in total. The zero-order valence-electron chi connectivity index (χ0n) is 17.5. The van der Waals surface area contributed by atoms with Gasteiger partial charge in [-0.1, -0.05) is 70.2 Å². The molecule has 2 aromatic heterocycles. The summed E-state index contributed by atoms with van der Waals surface area (Å²) < 4.78 is 7.06. The van der Waals surface area contributed by atoms with Crippen LogP contribution in [-0.2, 0) is 6.54 Å². The van der Waals surface area contributed by atoms with E-state index in [0.717, 1.165) is 24.0 Å². The molecule has 3 aromatic rings. The minimum Gasteiger partial charge on any atom is -0.382 e. The molecule has 0 amide bonds. The van der Waals surface area contributed by atoms with Crippen molar-refractivity contribution in [1.29, 1.82) is 0 Å². The molecule has 0 saturated carbocycles. The van der Waals surface area contributed by atoms with E-state index in [2.05, 4.69) is 27.4 Å². The highest BCUT2D eigenvalue weighted by atomic mass is 16.5. The van der Waals surface area contributed by atoms with Crippen molar-refractivity contribution in [3.63, 3.8) is 0 Å². The van der Waals surface area contributed by atoms with Gasteiger partial charge in [-0.25, -0.2) is 4.68 Å².